The van der Waals surface area contributed by atoms with Gasteiger partial charge in [-0.15, -0.1) is 0 Å². The lowest BCUT2D eigenvalue weighted by molar-refractivity contribution is -0.873. The summed E-state index contributed by atoms with van der Waals surface area (Å²) in [5.74, 6) is -1.30. The zero-order valence-electron chi connectivity index (χ0n) is 14.5. The first-order valence-electron chi connectivity index (χ1n) is 8.11. The van der Waals surface area contributed by atoms with Crippen molar-refractivity contribution in [2.24, 2.45) is 0 Å². The smallest absolute Gasteiger partial charge is 0.310 e. The van der Waals surface area contributed by atoms with E-state index in [0.717, 1.165) is 12.8 Å². The van der Waals surface area contributed by atoms with Gasteiger partial charge in [0.2, 0.25) is 0 Å². The summed E-state index contributed by atoms with van der Waals surface area (Å²) < 4.78 is 5.85. The Bertz CT molecular complexity index is 358. The van der Waals surface area contributed by atoms with Crippen LogP contribution in [0.2, 0.25) is 0 Å². The summed E-state index contributed by atoms with van der Waals surface area (Å²) in [6.45, 7) is 2.66. The van der Waals surface area contributed by atoms with Crippen LogP contribution in [0.4, 0.5) is 0 Å². The number of rotatable bonds is 12. The molecule has 0 fully saturated rings. The molecular formula is C17H32NO4+. The second-order valence-electron chi connectivity index (χ2n) is 6.71. The van der Waals surface area contributed by atoms with Crippen molar-refractivity contribution >= 4 is 11.9 Å². The standard InChI is InChI=1S/C17H31NO4/c1-5-6-7-8-9-10-11-12-17(21)22-15(13-16(19)20)14-18(2,3)4/h10-11,15H,5-9,12-14H2,1-4H3/p+1/b11-10+/t15-/m1/s1. The van der Waals surface area contributed by atoms with Gasteiger partial charge in [-0.3, -0.25) is 9.59 Å². The fourth-order valence-electron chi connectivity index (χ4n) is 2.17. The molecule has 0 amide bonds. The second kappa shape index (κ2) is 11.2. The molecule has 0 radical (unpaired) electrons. The first-order chi connectivity index (χ1) is 10.2. The van der Waals surface area contributed by atoms with Gasteiger partial charge in [0.15, 0.2) is 6.10 Å². The summed E-state index contributed by atoms with van der Waals surface area (Å²) in [6, 6.07) is 0. The number of carboxylic acid groups (broad SMARTS) is 1. The summed E-state index contributed by atoms with van der Waals surface area (Å²) in [6.07, 6.45) is 9.10. The predicted octanol–water partition coefficient (Wildman–Crippen LogP) is 3.00. The fourth-order valence-corrected chi connectivity index (χ4v) is 2.17. The van der Waals surface area contributed by atoms with Gasteiger partial charge in [-0.25, -0.2) is 0 Å². The Balaban J connectivity index is 4.11. The molecule has 0 aromatic carbocycles. The van der Waals surface area contributed by atoms with Gasteiger partial charge in [-0.2, -0.15) is 0 Å². The maximum absolute atomic E-state index is 11.8. The Morgan fingerprint density at radius 2 is 1.82 bits per heavy atom. The molecular weight excluding hydrogens is 282 g/mol. The van der Waals surface area contributed by atoms with Gasteiger partial charge < -0.3 is 14.3 Å². The third-order valence-corrected chi connectivity index (χ3v) is 3.13. The number of aliphatic carboxylic acids is 1. The third kappa shape index (κ3) is 13.6. The van der Waals surface area contributed by atoms with Crippen molar-refractivity contribution in [3.05, 3.63) is 12.2 Å². The number of nitrogens with zero attached hydrogens (tertiary/aromatic N) is 1. The number of carbonyl (C=O) groups excluding carboxylic acids is 1. The average Bonchev–Trinajstić information content (AvgIpc) is 2.34. The average molecular weight is 314 g/mol. The topological polar surface area (TPSA) is 63.6 Å². The Kier molecular flexibility index (Phi) is 10.5. The van der Waals surface area contributed by atoms with E-state index in [9.17, 15) is 9.59 Å². The molecule has 0 saturated carbocycles. The first-order valence-corrected chi connectivity index (χ1v) is 8.11. The zero-order chi connectivity index (χ0) is 17.0. The minimum absolute atomic E-state index is 0.151. The molecule has 0 aliphatic rings. The van der Waals surface area contributed by atoms with Gasteiger partial charge in [0.05, 0.1) is 34.0 Å². The van der Waals surface area contributed by atoms with Crippen molar-refractivity contribution in [2.45, 2.75) is 58.0 Å². The number of carbonyl (C=O) groups is 2. The van der Waals surface area contributed by atoms with Crippen LogP contribution < -0.4 is 0 Å². The summed E-state index contributed by atoms with van der Waals surface area (Å²) in [5.41, 5.74) is 0. The van der Waals surface area contributed by atoms with Gasteiger partial charge in [-0.05, 0) is 12.8 Å². The van der Waals surface area contributed by atoms with E-state index in [4.69, 9.17) is 9.84 Å². The SMILES string of the molecule is CCCCCC/C=C/CC(=O)O[C@H](CC(=O)O)C[N+](C)(C)C. The van der Waals surface area contributed by atoms with Gasteiger partial charge >= 0.3 is 11.9 Å². The largest absolute Gasteiger partial charge is 0.481 e. The molecule has 0 bridgehead atoms. The number of allylic oxidation sites excluding steroid dienone is 1. The van der Waals surface area contributed by atoms with Crippen molar-refractivity contribution in [2.75, 3.05) is 27.7 Å². The highest BCUT2D eigenvalue weighted by molar-refractivity contribution is 5.72. The highest BCUT2D eigenvalue weighted by Gasteiger charge is 2.24. The molecule has 0 spiro atoms. The molecule has 5 nitrogen and oxygen atoms in total. The van der Waals surface area contributed by atoms with E-state index in [1.807, 2.05) is 33.3 Å². The number of likely N-dealkylation sites (N-methyl/N-ethyl adjacent to an activating group) is 1. The van der Waals surface area contributed by atoms with Crippen LogP contribution in [0.15, 0.2) is 12.2 Å². The van der Waals surface area contributed by atoms with Crippen LogP contribution in [0.5, 0.6) is 0 Å². The Morgan fingerprint density at radius 3 is 2.36 bits per heavy atom. The molecule has 22 heavy (non-hydrogen) atoms. The molecule has 0 aliphatic heterocycles. The number of quaternary nitrogens is 1. The lowest BCUT2D eigenvalue weighted by Crippen LogP contribution is -2.43. The normalized spacial score (nSPS) is 13.3. The monoisotopic (exact) mass is 314 g/mol. The maximum atomic E-state index is 11.8. The number of hydrogen-bond acceptors (Lipinski definition) is 3. The quantitative estimate of drug-likeness (QED) is 0.260. The number of esters is 1. The van der Waals surface area contributed by atoms with Crippen molar-refractivity contribution in [3.8, 4) is 0 Å². The minimum Gasteiger partial charge on any atom is -0.481 e. The molecule has 0 aliphatic carbocycles. The highest BCUT2D eigenvalue weighted by atomic mass is 16.5. The van der Waals surface area contributed by atoms with E-state index in [-0.39, 0.29) is 18.8 Å². The lowest BCUT2D eigenvalue weighted by Gasteiger charge is -2.28. The van der Waals surface area contributed by atoms with Crippen molar-refractivity contribution in [1.82, 2.24) is 0 Å². The third-order valence-electron chi connectivity index (χ3n) is 3.13. The summed E-state index contributed by atoms with van der Waals surface area (Å²) >= 11 is 0. The molecule has 1 N–H and O–H groups in total. The van der Waals surface area contributed by atoms with Crippen LogP contribution in [-0.4, -0.2) is 55.3 Å². The fraction of sp³-hybridized carbons (Fsp3) is 0.765. The minimum atomic E-state index is -0.947. The molecule has 0 aromatic rings. The van der Waals surface area contributed by atoms with Crippen LogP contribution in [0, 0.1) is 0 Å². The maximum Gasteiger partial charge on any atom is 0.310 e. The summed E-state index contributed by atoms with van der Waals surface area (Å²) in [5, 5.41) is 8.90. The number of ether oxygens (including phenoxy) is 1. The van der Waals surface area contributed by atoms with E-state index >= 15 is 0 Å². The Labute approximate surface area is 134 Å². The predicted molar refractivity (Wildman–Crippen MR) is 87.5 cm³/mol. The Hall–Kier alpha value is -1.36. The molecule has 0 saturated heterocycles. The highest BCUT2D eigenvalue weighted by Crippen LogP contribution is 2.07. The molecule has 1 atom stereocenters. The van der Waals surface area contributed by atoms with Crippen molar-refractivity contribution < 1.29 is 23.9 Å². The van der Waals surface area contributed by atoms with E-state index in [2.05, 4.69) is 6.92 Å². The molecule has 5 heteroatoms. The molecule has 128 valence electrons. The summed E-state index contributed by atoms with van der Waals surface area (Å²) in [4.78, 5) is 22.6. The van der Waals surface area contributed by atoms with Crippen LogP contribution in [0.3, 0.4) is 0 Å². The number of unbranched alkanes of at least 4 members (excludes halogenated alkanes) is 4. The molecule has 0 rings (SSSR count). The Morgan fingerprint density at radius 1 is 1.14 bits per heavy atom. The van der Waals surface area contributed by atoms with Gasteiger partial charge in [0, 0.05) is 0 Å². The van der Waals surface area contributed by atoms with E-state index in [1.165, 1.54) is 19.3 Å². The molecule has 0 heterocycles. The van der Waals surface area contributed by atoms with Crippen molar-refractivity contribution in [3.63, 3.8) is 0 Å². The van der Waals surface area contributed by atoms with Crippen LogP contribution in [0.1, 0.15) is 51.9 Å². The van der Waals surface area contributed by atoms with Crippen LogP contribution in [0.25, 0.3) is 0 Å². The van der Waals surface area contributed by atoms with Crippen LogP contribution in [-0.2, 0) is 14.3 Å². The first kappa shape index (κ1) is 20.6. The van der Waals surface area contributed by atoms with E-state index in [1.54, 1.807) is 0 Å². The number of hydrogen-bond donors (Lipinski definition) is 1. The van der Waals surface area contributed by atoms with Gasteiger partial charge in [-0.1, -0.05) is 38.3 Å². The zero-order valence-corrected chi connectivity index (χ0v) is 14.5. The number of carboxylic acids is 1. The van der Waals surface area contributed by atoms with Crippen LogP contribution >= 0.6 is 0 Å². The van der Waals surface area contributed by atoms with Gasteiger partial charge in [0.1, 0.15) is 6.54 Å². The molecule has 0 aromatic heterocycles. The molecule has 0 unspecified atom stereocenters. The lowest BCUT2D eigenvalue weighted by atomic mass is 10.1. The second-order valence-corrected chi connectivity index (χ2v) is 6.71. The van der Waals surface area contributed by atoms with E-state index < -0.39 is 12.1 Å². The summed E-state index contributed by atoms with van der Waals surface area (Å²) in [7, 11) is 5.83. The van der Waals surface area contributed by atoms with Crippen molar-refractivity contribution in [1.29, 1.82) is 0 Å². The van der Waals surface area contributed by atoms with E-state index in [0.29, 0.717) is 11.0 Å². The van der Waals surface area contributed by atoms with Gasteiger partial charge in [0.25, 0.3) is 0 Å².